The molecule has 28 heavy (non-hydrogen) atoms. The van der Waals surface area contributed by atoms with Crippen LogP contribution in [0.25, 0.3) is 5.69 Å². The van der Waals surface area contributed by atoms with Crippen molar-refractivity contribution in [2.45, 2.75) is 10.9 Å². The largest absolute Gasteiger partial charge is 0.315 e. The molecular formula is C25H20N2S. The molecule has 2 nitrogen and oxygen atoms in total. The van der Waals surface area contributed by atoms with Gasteiger partial charge in [-0.2, -0.15) is 0 Å². The summed E-state index contributed by atoms with van der Waals surface area (Å²) >= 11 is 1.84. The molecular weight excluding hydrogens is 360 g/mol. The average molecular weight is 381 g/mol. The summed E-state index contributed by atoms with van der Waals surface area (Å²) in [4.78, 5) is 6.56. The van der Waals surface area contributed by atoms with Crippen LogP contribution < -0.4 is 0 Å². The monoisotopic (exact) mass is 380 g/mol. The first-order chi connectivity index (χ1) is 13.9. The van der Waals surface area contributed by atoms with Gasteiger partial charge >= 0.3 is 0 Å². The predicted molar refractivity (Wildman–Crippen MR) is 118 cm³/mol. The Kier molecular flexibility index (Phi) is 4.59. The van der Waals surface area contributed by atoms with Crippen molar-refractivity contribution in [3.05, 3.63) is 120 Å². The Morgan fingerprint density at radius 3 is 2.29 bits per heavy atom. The van der Waals surface area contributed by atoms with Crippen LogP contribution in [0.4, 0.5) is 0 Å². The first kappa shape index (κ1) is 17.1. The van der Waals surface area contributed by atoms with Crippen molar-refractivity contribution in [3.8, 4) is 5.69 Å². The maximum absolute atomic E-state index is 5.29. The summed E-state index contributed by atoms with van der Waals surface area (Å²) in [6, 6.07) is 34.0. The highest BCUT2D eigenvalue weighted by Crippen LogP contribution is 2.35. The van der Waals surface area contributed by atoms with Gasteiger partial charge in [0.2, 0.25) is 0 Å². The van der Waals surface area contributed by atoms with Crippen LogP contribution in [0.2, 0.25) is 0 Å². The molecule has 1 atom stereocenters. The van der Waals surface area contributed by atoms with E-state index in [1.54, 1.807) is 0 Å². The van der Waals surface area contributed by atoms with Crippen molar-refractivity contribution >= 4 is 17.5 Å². The molecule has 0 saturated carbocycles. The van der Waals surface area contributed by atoms with Crippen LogP contribution in [-0.4, -0.2) is 16.0 Å². The number of hydrogen-bond acceptors (Lipinski definition) is 2. The molecule has 1 aliphatic heterocycles. The lowest BCUT2D eigenvalue weighted by Gasteiger charge is -2.16. The Bertz CT molecular complexity index is 1110. The number of hydrogen-bond donors (Lipinski definition) is 0. The lowest BCUT2D eigenvalue weighted by atomic mass is 9.98. The topological polar surface area (TPSA) is 17.3 Å². The molecule has 3 aromatic carbocycles. The maximum atomic E-state index is 5.29. The SMILES string of the molecule is c1ccc(SCC2=N[C@H](c3ccccc3)c3ccccc3-n3cccc32)cc1. The minimum atomic E-state index is 0.00340. The van der Waals surface area contributed by atoms with Crippen LogP contribution in [0, 0.1) is 0 Å². The number of para-hydroxylation sites is 1. The van der Waals surface area contributed by atoms with E-state index >= 15 is 0 Å². The first-order valence-electron chi connectivity index (χ1n) is 9.46. The highest BCUT2D eigenvalue weighted by Gasteiger charge is 2.24. The van der Waals surface area contributed by atoms with Gasteiger partial charge in [0.25, 0.3) is 0 Å². The fraction of sp³-hybridized carbons (Fsp3) is 0.0800. The van der Waals surface area contributed by atoms with Crippen LogP contribution >= 0.6 is 11.8 Å². The summed E-state index contributed by atoms with van der Waals surface area (Å²) in [5.41, 5.74) is 5.98. The van der Waals surface area contributed by atoms with Gasteiger partial charge in [0.05, 0.1) is 17.1 Å². The van der Waals surface area contributed by atoms with Crippen molar-refractivity contribution in [2.75, 3.05) is 5.75 Å². The van der Waals surface area contributed by atoms with Crippen molar-refractivity contribution in [1.29, 1.82) is 0 Å². The van der Waals surface area contributed by atoms with Gasteiger partial charge in [-0.1, -0.05) is 66.7 Å². The van der Waals surface area contributed by atoms with E-state index in [9.17, 15) is 0 Å². The number of benzene rings is 3. The van der Waals surface area contributed by atoms with Gasteiger partial charge in [0.15, 0.2) is 0 Å². The van der Waals surface area contributed by atoms with Gasteiger partial charge < -0.3 is 4.57 Å². The van der Waals surface area contributed by atoms with Crippen LogP contribution in [0.5, 0.6) is 0 Å². The Hall–Kier alpha value is -3.04. The van der Waals surface area contributed by atoms with E-state index in [1.807, 2.05) is 11.8 Å². The molecule has 1 aliphatic rings. The average Bonchev–Trinajstić information content (AvgIpc) is 3.20. The molecule has 0 spiro atoms. The summed E-state index contributed by atoms with van der Waals surface area (Å²) in [5.74, 6) is 0.839. The highest BCUT2D eigenvalue weighted by atomic mass is 32.2. The van der Waals surface area contributed by atoms with Gasteiger partial charge in [-0.05, 0) is 35.9 Å². The second-order valence-electron chi connectivity index (χ2n) is 6.81. The smallest absolute Gasteiger partial charge is 0.102 e. The van der Waals surface area contributed by atoms with Crippen LogP contribution in [0.1, 0.15) is 22.9 Å². The van der Waals surface area contributed by atoms with E-state index in [0.29, 0.717) is 0 Å². The molecule has 4 aromatic rings. The molecule has 5 rings (SSSR count). The molecule has 136 valence electrons. The number of fused-ring (bicyclic) bond motifs is 3. The van der Waals surface area contributed by atoms with Crippen molar-refractivity contribution in [3.63, 3.8) is 0 Å². The van der Waals surface area contributed by atoms with E-state index in [2.05, 4.69) is 108 Å². The van der Waals surface area contributed by atoms with Gasteiger partial charge in [0.1, 0.15) is 6.04 Å². The van der Waals surface area contributed by atoms with Crippen molar-refractivity contribution in [2.24, 2.45) is 4.99 Å². The summed E-state index contributed by atoms with van der Waals surface area (Å²) < 4.78 is 2.28. The first-order valence-corrected chi connectivity index (χ1v) is 10.5. The Morgan fingerprint density at radius 1 is 0.750 bits per heavy atom. The molecule has 0 saturated heterocycles. The molecule has 0 N–H and O–H groups in total. The second kappa shape index (κ2) is 7.53. The zero-order chi connectivity index (χ0) is 18.8. The number of aliphatic imine (C=N–C) groups is 1. The van der Waals surface area contributed by atoms with E-state index in [1.165, 1.54) is 27.4 Å². The number of rotatable bonds is 4. The predicted octanol–water partition coefficient (Wildman–Crippen LogP) is 6.16. The third-order valence-electron chi connectivity index (χ3n) is 5.05. The van der Waals surface area contributed by atoms with Gasteiger partial charge in [-0.15, -0.1) is 11.8 Å². The molecule has 0 unspecified atom stereocenters. The van der Waals surface area contributed by atoms with Crippen LogP contribution in [0.15, 0.2) is 113 Å². The Balaban J connectivity index is 1.62. The zero-order valence-electron chi connectivity index (χ0n) is 15.4. The zero-order valence-corrected chi connectivity index (χ0v) is 16.2. The fourth-order valence-electron chi connectivity index (χ4n) is 3.72. The van der Waals surface area contributed by atoms with Crippen LogP contribution in [0.3, 0.4) is 0 Å². The molecule has 2 heterocycles. The molecule has 0 fully saturated rings. The Morgan fingerprint density at radius 2 is 1.46 bits per heavy atom. The molecule has 0 amide bonds. The highest BCUT2D eigenvalue weighted by molar-refractivity contribution is 8.00. The normalized spacial score (nSPS) is 15.3. The fourth-order valence-corrected chi connectivity index (χ4v) is 4.60. The number of nitrogens with zero attached hydrogens (tertiary/aromatic N) is 2. The summed E-state index contributed by atoms with van der Waals surface area (Å²) in [5, 5.41) is 0. The van der Waals surface area contributed by atoms with Gasteiger partial charge in [0, 0.05) is 22.4 Å². The Labute approximate surface area is 169 Å². The number of thioether (sulfide) groups is 1. The maximum Gasteiger partial charge on any atom is 0.102 e. The standard InChI is InChI=1S/C25H20N2S/c1-3-10-19(11-4-1)25-21-14-7-8-15-23(21)27-17-9-16-24(27)22(26-25)18-28-20-12-5-2-6-13-20/h1-17,25H,18H2/t25-/m1/s1. The summed E-state index contributed by atoms with van der Waals surface area (Å²) in [7, 11) is 0. The lowest BCUT2D eigenvalue weighted by Crippen LogP contribution is -2.09. The number of aromatic nitrogens is 1. The third kappa shape index (κ3) is 3.19. The lowest BCUT2D eigenvalue weighted by molar-refractivity contribution is 0.868. The van der Waals surface area contributed by atoms with Gasteiger partial charge in [-0.3, -0.25) is 4.99 Å². The molecule has 3 heteroatoms. The van der Waals surface area contributed by atoms with E-state index in [0.717, 1.165) is 11.5 Å². The summed E-state index contributed by atoms with van der Waals surface area (Å²) in [6.07, 6.45) is 2.14. The molecule has 1 aromatic heterocycles. The summed E-state index contributed by atoms with van der Waals surface area (Å²) in [6.45, 7) is 0. The van der Waals surface area contributed by atoms with Crippen molar-refractivity contribution in [1.82, 2.24) is 4.57 Å². The molecule has 0 bridgehead atoms. The van der Waals surface area contributed by atoms with Crippen LogP contribution in [-0.2, 0) is 0 Å². The quantitative estimate of drug-likeness (QED) is 0.387. The van der Waals surface area contributed by atoms with Gasteiger partial charge in [-0.25, -0.2) is 0 Å². The second-order valence-corrected chi connectivity index (χ2v) is 7.86. The minimum Gasteiger partial charge on any atom is -0.315 e. The van der Waals surface area contributed by atoms with E-state index < -0.39 is 0 Å². The van der Waals surface area contributed by atoms with Crippen molar-refractivity contribution < 1.29 is 0 Å². The molecule has 0 aliphatic carbocycles. The third-order valence-corrected chi connectivity index (χ3v) is 6.08. The van der Waals surface area contributed by atoms with E-state index in [-0.39, 0.29) is 6.04 Å². The van der Waals surface area contributed by atoms with E-state index in [4.69, 9.17) is 4.99 Å². The minimum absolute atomic E-state index is 0.00340. The molecule has 0 radical (unpaired) electrons.